The van der Waals surface area contributed by atoms with Crippen LogP contribution < -0.4 is 0 Å². The summed E-state index contributed by atoms with van der Waals surface area (Å²) in [7, 11) is -2.56. The molecule has 0 fully saturated rings. The van der Waals surface area contributed by atoms with Gasteiger partial charge in [0, 0.05) is 33.5 Å². The standard InChI is InChI=1S/C44H30F12NO2P/c45-41(46,47)28-15-26(16-29(21-28)42(48,49)50)34-19-24-8-1-4-10-32(24)37-38-33-11-5-2-9-25(33)20-35(27-17-30(43(51,52)53)22-31(18-27)44(54,55)56)40(38)59-60(58-39(34)37)57-14-13-23-7-3-6-12-36(23)57/h3,6-7,12-22H,1-2,4-5,8-11H2. The van der Waals surface area contributed by atoms with Gasteiger partial charge in [-0.2, -0.15) is 52.7 Å². The summed E-state index contributed by atoms with van der Waals surface area (Å²) >= 11 is 0. The minimum Gasteiger partial charge on any atom is -0.403 e. The van der Waals surface area contributed by atoms with Crippen LogP contribution in [0.1, 0.15) is 70.2 Å². The summed E-state index contributed by atoms with van der Waals surface area (Å²) < 4.78 is 188. The summed E-state index contributed by atoms with van der Waals surface area (Å²) in [6.07, 6.45) is -15.0. The van der Waals surface area contributed by atoms with E-state index >= 15 is 0 Å². The van der Waals surface area contributed by atoms with Gasteiger partial charge < -0.3 is 8.39 Å². The van der Waals surface area contributed by atoms with Crippen molar-refractivity contribution in [2.24, 2.45) is 0 Å². The molecule has 3 nitrogen and oxygen atoms in total. The van der Waals surface area contributed by atoms with E-state index < -0.39 is 66.2 Å². The van der Waals surface area contributed by atoms with Crippen LogP contribution in [0.3, 0.4) is 0 Å². The lowest BCUT2D eigenvalue weighted by atomic mass is 9.81. The lowest BCUT2D eigenvalue weighted by molar-refractivity contribution is -0.144. The van der Waals surface area contributed by atoms with Crippen molar-refractivity contribution in [3.63, 3.8) is 0 Å². The molecule has 312 valence electrons. The fourth-order valence-corrected chi connectivity index (χ4v) is 10.1. The van der Waals surface area contributed by atoms with Gasteiger partial charge in [-0.3, -0.25) is 0 Å². The number of para-hydroxylation sites is 1. The van der Waals surface area contributed by atoms with Gasteiger partial charge in [0.05, 0.1) is 27.8 Å². The molecule has 0 atom stereocenters. The Bertz CT molecular complexity index is 2670. The highest BCUT2D eigenvalue weighted by Crippen LogP contribution is 2.51. The summed E-state index contributed by atoms with van der Waals surface area (Å²) in [6.45, 7) is 0. The number of halogens is 12. The molecular weight excluding hydrogens is 833 g/mol. The fourth-order valence-electron chi connectivity index (χ4n) is 8.61. The summed E-state index contributed by atoms with van der Waals surface area (Å²) in [5, 5.41) is 1.26. The highest BCUT2D eigenvalue weighted by Gasteiger charge is 2.39. The van der Waals surface area contributed by atoms with Gasteiger partial charge in [0.1, 0.15) is 0 Å². The van der Waals surface area contributed by atoms with Gasteiger partial charge in [-0.25, -0.2) is 4.34 Å². The summed E-state index contributed by atoms with van der Waals surface area (Å²) in [5.41, 5.74) is -4.42. The maximum absolute atomic E-state index is 14.4. The fraction of sp³-hybridized carbons (Fsp3) is 0.273. The molecule has 60 heavy (non-hydrogen) atoms. The van der Waals surface area contributed by atoms with Gasteiger partial charge in [0.25, 0.3) is 0 Å². The van der Waals surface area contributed by atoms with Gasteiger partial charge in [0.15, 0.2) is 11.2 Å². The number of benzene rings is 5. The molecule has 9 rings (SSSR count). The van der Waals surface area contributed by atoms with Crippen LogP contribution in [-0.4, -0.2) is 4.34 Å². The van der Waals surface area contributed by atoms with Crippen LogP contribution in [0, 0.1) is 0 Å². The zero-order chi connectivity index (χ0) is 42.5. The highest BCUT2D eigenvalue weighted by molar-refractivity contribution is 7.36. The lowest BCUT2D eigenvalue weighted by Gasteiger charge is -2.24. The molecule has 0 N–H and O–H groups in total. The van der Waals surface area contributed by atoms with Crippen molar-refractivity contribution < 1.29 is 61.1 Å². The molecule has 2 aliphatic carbocycles. The van der Waals surface area contributed by atoms with Crippen molar-refractivity contribution in [2.45, 2.75) is 76.1 Å². The predicted octanol–water partition coefficient (Wildman–Crippen LogP) is 15.7. The minimum absolute atomic E-state index is 0.0334. The van der Waals surface area contributed by atoms with E-state index in [0.29, 0.717) is 109 Å². The Morgan fingerprint density at radius 3 is 1.28 bits per heavy atom. The molecule has 0 amide bonds. The molecule has 2 aromatic heterocycles. The van der Waals surface area contributed by atoms with Gasteiger partial charge in [-0.05, 0) is 145 Å². The third-order valence-electron chi connectivity index (χ3n) is 11.3. The van der Waals surface area contributed by atoms with Crippen LogP contribution in [0.5, 0.6) is 0 Å². The van der Waals surface area contributed by atoms with Crippen LogP contribution in [0.2, 0.25) is 0 Å². The first-order chi connectivity index (χ1) is 28.3. The second-order valence-electron chi connectivity index (χ2n) is 15.2. The molecule has 16 heteroatoms. The maximum atomic E-state index is 14.4. The Labute approximate surface area is 333 Å². The zero-order valence-corrected chi connectivity index (χ0v) is 31.9. The molecule has 0 bridgehead atoms. The average molecular weight is 864 g/mol. The highest BCUT2D eigenvalue weighted by atomic mass is 31.1. The minimum atomic E-state index is -5.18. The third-order valence-corrected chi connectivity index (χ3v) is 12.7. The van der Waals surface area contributed by atoms with Crippen molar-refractivity contribution in [1.29, 1.82) is 0 Å². The molecule has 0 saturated heterocycles. The Balaban J connectivity index is 1.53. The first kappa shape index (κ1) is 40.1. The second-order valence-corrected chi connectivity index (χ2v) is 16.4. The van der Waals surface area contributed by atoms with Crippen LogP contribution in [0.15, 0.2) is 93.5 Å². The Morgan fingerprint density at radius 2 is 0.867 bits per heavy atom. The number of aromatic nitrogens is 1. The number of nitrogens with zero attached hydrogens (tertiary/aromatic N) is 1. The molecule has 2 aliphatic rings. The molecule has 7 aromatic rings. The Kier molecular flexibility index (Phi) is 9.46. The second kappa shape index (κ2) is 14.1. The van der Waals surface area contributed by atoms with E-state index in [0.717, 1.165) is 0 Å². The molecule has 0 unspecified atom stereocenters. The van der Waals surface area contributed by atoms with Crippen LogP contribution in [-0.2, 0) is 50.4 Å². The van der Waals surface area contributed by atoms with E-state index in [1.807, 2.05) is 0 Å². The average Bonchev–Trinajstić information content (AvgIpc) is 3.54. The SMILES string of the molecule is FC(F)(F)c1cc(-c2cc3c(c4c2op(-n2ccc5ccccc52)oc2c(-c5cc(C(F)(F)F)cc(C(F)(F)F)c5)cc5c(c24)CCCC5)CCCC3)cc(C(F)(F)F)c1. The number of fused-ring (bicyclic) bond motifs is 8. The van der Waals surface area contributed by atoms with Crippen molar-refractivity contribution in [3.8, 4) is 22.3 Å². The molecule has 0 spiro atoms. The molecule has 0 saturated carbocycles. The summed E-state index contributed by atoms with van der Waals surface area (Å²) in [5.74, 6) is 0. The first-order valence-electron chi connectivity index (χ1n) is 19.0. The van der Waals surface area contributed by atoms with E-state index in [1.165, 1.54) is 12.1 Å². The van der Waals surface area contributed by atoms with Crippen molar-refractivity contribution in [1.82, 2.24) is 4.34 Å². The number of hydrogen-bond acceptors (Lipinski definition) is 2. The monoisotopic (exact) mass is 863 g/mol. The molecule has 0 aliphatic heterocycles. The number of hydrogen-bond donors (Lipinski definition) is 0. The topological polar surface area (TPSA) is 31.2 Å². The smallest absolute Gasteiger partial charge is 0.403 e. The normalized spacial score (nSPS) is 15.1. The van der Waals surface area contributed by atoms with E-state index in [9.17, 15) is 52.7 Å². The largest absolute Gasteiger partial charge is 0.416 e. The van der Waals surface area contributed by atoms with E-state index in [2.05, 4.69) is 0 Å². The summed E-state index contributed by atoms with van der Waals surface area (Å²) in [6, 6.07) is 14.3. The third kappa shape index (κ3) is 7.12. The lowest BCUT2D eigenvalue weighted by Crippen LogP contribution is -2.11. The summed E-state index contributed by atoms with van der Waals surface area (Å²) in [4.78, 5) is 0. The van der Waals surface area contributed by atoms with Crippen molar-refractivity contribution >= 4 is 41.0 Å². The van der Waals surface area contributed by atoms with Crippen LogP contribution in [0.4, 0.5) is 52.7 Å². The van der Waals surface area contributed by atoms with Gasteiger partial charge in [-0.15, -0.1) is 0 Å². The van der Waals surface area contributed by atoms with Crippen molar-refractivity contribution in [3.05, 3.63) is 130 Å². The van der Waals surface area contributed by atoms with E-state index in [1.54, 1.807) is 40.9 Å². The van der Waals surface area contributed by atoms with Crippen LogP contribution in [0.25, 0.3) is 55.1 Å². The number of aryl methyl sites for hydroxylation is 4. The molecule has 0 radical (unpaired) electrons. The predicted molar refractivity (Wildman–Crippen MR) is 203 cm³/mol. The molecular formula is C44H30F12NO2P. The quantitative estimate of drug-likeness (QED) is 0.166. The Hall–Kier alpha value is -5.30. The Morgan fingerprint density at radius 1 is 0.467 bits per heavy atom. The van der Waals surface area contributed by atoms with E-state index in [4.69, 9.17) is 8.39 Å². The van der Waals surface area contributed by atoms with Gasteiger partial charge >= 0.3 is 32.9 Å². The number of rotatable bonds is 3. The number of alkyl halides is 12. The first-order valence-corrected chi connectivity index (χ1v) is 20.1. The molecule has 2 heterocycles. The zero-order valence-electron chi connectivity index (χ0n) is 31.0. The molecule has 5 aromatic carbocycles. The van der Waals surface area contributed by atoms with Gasteiger partial charge in [-0.1, -0.05) is 18.2 Å². The van der Waals surface area contributed by atoms with E-state index in [-0.39, 0.29) is 45.2 Å². The van der Waals surface area contributed by atoms with Crippen molar-refractivity contribution in [2.75, 3.05) is 0 Å². The van der Waals surface area contributed by atoms with Gasteiger partial charge in [0.2, 0.25) is 0 Å². The maximum Gasteiger partial charge on any atom is 0.416 e. The van der Waals surface area contributed by atoms with Crippen LogP contribution >= 0.6 is 8.16 Å².